The van der Waals surface area contributed by atoms with E-state index in [-0.39, 0.29) is 69.1 Å². The number of nitrogens with one attached hydrogen (secondary N) is 12. The summed E-state index contributed by atoms with van der Waals surface area (Å²) in [5.41, 5.74) is 6.34. The first-order valence-electron chi connectivity index (χ1n) is 37.0. The summed E-state index contributed by atoms with van der Waals surface area (Å²) in [6.45, 7) is 31.6. The quantitative estimate of drug-likeness (QED) is 0.0358. The average molecular weight is 1460 g/mol. The van der Waals surface area contributed by atoms with E-state index >= 15 is 9.59 Å². The van der Waals surface area contributed by atoms with Crippen molar-refractivity contribution in [3.8, 4) is 0 Å². The summed E-state index contributed by atoms with van der Waals surface area (Å²) in [6, 6.07) is -7.67. The van der Waals surface area contributed by atoms with Gasteiger partial charge in [0.15, 0.2) is 0 Å². The Hall–Kier alpha value is -8.54. The number of hydrogen-bond acceptors (Lipinski definition) is 17. The van der Waals surface area contributed by atoms with Gasteiger partial charge in [-0.15, -0.1) is 0 Å². The number of nitrogens with two attached hydrogens (primary N) is 1. The van der Waals surface area contributed by atoms with Gasteiger partial charge in [0.05, 0.1) is 6.10 Å². The van der Waals surface area contributed by atoms with Crippen molar-refractivity contribution in [3.05, 3.63) is 47.7 Å². The highest BCUT2D eigenvalue weighted by Crippen LogP contribution is 2.23. The van der Waals surface area contributed by atoms with Crippen LogP contribution < -0.4 is 69.5 Å². The number of benzene rings is 1. The Balaban J connectivity index is 2.01. The van der Waals surface area contributed by atoms with E-state index < -0.39 is 203 Å². The number of esters is 1. The van der Waals surface area contributed by atoms with Crippen molar-refractivity contribution in [2.45, 2.75) is 274 Å². The van der Waals surface area contributed by atoms with Gasteiger partial charge in [-0.05, 0) is 112 Å². The highest BCUT2D eigenvalue weighted by atomic mass is 16.5. The molecule has 16 atom stereocenters. The summed E-state index contributed by atoms with van der Waals surface area (Å²) < 4.78 is 5.96. The van der Waals surface area contributed by atoms with Crippen LogP contribution in [0.15, 0.2) is 42.1 Å². The van der Waals surface area contributed by atoms with Crippen molar-refractivity contribution >= 4 is 82.8 Å². The highest BCUT2D eigenvalue weighted by molar-refractivity contribution is 6.03. The molecule has 2 saturated heterocycles. The molecule has 1 aromatic rings. The largest absolute Gasteiger partial charge is 0.458 e. The molecule has 0 aliphatic carbocycles. The number of rotatable bonds is 32. The number of likely N-dealkylation sites (tertiary alicyclic amines) is 1. The summed E-state index contributed by atoms with van der Waals surface area (Å²) in [7, 11) is 0. The van der Waals surface area contributed by atoms with Gasteiger partial charge in [-0.25, -0.2) is 4.79 Å². The van der Waals surface area contributed by atoms with E-state index in [1.807, 2.05) is 13.8 Å². The predicted octanol–water partition coefficient (Wildman–Crippen LogP) is 1.45. The van der Waals surface area contributed by atoms with Crippen molar-refractivity contribution < 1.29 is 77.0 Å². The van der Waals surface area contributed by atoms with Crippen LogP contribution in [0.3, 0.4) is 0 Å². The van der Waals surface area contributed by atoms with Gasteiger partial charge in [0.2, 0.25) is 70.9 Å². The minimum atomic E-state index is -1.83. The van der Waals surface area contributed by atoms with E-state index in [9.17, 15) is 62.6 Å². The van der Waals surface area contributed by atoms with Crippen LogP contribution in [0.4, 0.5) is 0 Å². The summed E-state index contributed by atoms with van der Waals surface area (Å²) in [5, 5.41) is 43.1. The molecule has 13 amide bonds. The first-order chi connectivity index (χ1) is 48.7. The normalized spacial score (nSPS) is 22.7. The van der Waals surface area contributed by atoms with E-state index in [0.29, 0.717) is 24.8 Å². The van der Waals surface area contributed by atoms with Crippen LogP contribution in [-0.4, -0.2) is 191 Å². The lowest BCUT2D eigenvalue weighted by Gasteiger charge is -2.33. The van der Waals surface area contributed by atoms with Crippen molar-refractivity contribution in [2.75, 3.05) is 13.1 Å². The number of ether oxygens (including phenoxy) is 1. The summed E-state index contributed by atoms with van der Waals surface area (Å²) in [4.78, 5) is 202. The molecule has 2 aliphatic heterocycles. The maximum absolute atomic E-state index is 15.0. The fourth-order valence-corrected chi connectivity index (χ4v) is 11.9. The van der Waals surface area contributed by atoms with Gasteiger partial charge in [-0.3, -0.25) is 62.3 Å². The Kier molecular flexibility index (Phi) is 37.1. The molecule has 0 aromatic heterocycles. The number of amides is 13. The van der Waals surface area contributed by atoms with Gasteiger partial charge >= 0.3 is 5.97 Å². The molecule has 3 rings (SSSR count). The molecule has 0 unspecified atom stereocenters. The molecule has 0 saturated carbocycles. The standard InChI is InChI=1S/C74H122N14O16/c1-20-43(16)58(70(99)87-61-46(19)104-74(103)57(42(14)15)83-62(91)48(22-3)76-64(93)50(36-47-28-24-23-25-29-47)78-66(95)54(39(8)9)80-69(98)59(44(17)21-2)85-72(61)101)84-63(92)49(30-26-34-75)77-65(94)51-31-27-35-88(51)73(102)56(41(12)13)82-68(97)55(40(10)11)81-71(100)60(45(18)89)86-67(96)53(38(6)7)79-52(90)33-32-37(4)5/h22-25,28-29,37-46,49-51,53-61,89H,20-21,26-27,30-36,75H2,1-19H3,(H,76,93)(H,77,94)(H,78,95)(H,79,90)(H,80,98)(H,81,100)(H,82,97)(H,83,91)(H,84,92)(H,85,101)(H,86,96)(H,87,99)/b48-22-/t43-,44-,45-,46+,49+,50+,51-,53-,54-,55+,56-,57+,58-,59-,60+,61-/m1/s1. The SMILES string of the molecule is C/C=C1\NC(=O)[C@H](Cc2ccccc2)NC(=O)[C@@H](C(C)C)NC(=O)[C@@H]([C@H](C)CC)NC(=O)[C@H](NC(=O)[C@H](NC(=O)[C@H](CCCN)NC(=O)[C@H]2CCCN2C(=O)[C@H](NC(=O)[C@@H](NC(=O)[C@@H](NC(=O)[C@H](NC(=O)CCC(C)C)C(C)C)[C@@H](C)O)C(C)C)C(C)C)[C@H](C)CC)[C@H](C)OC(=O)[C@H](C(C)C)NC1=O. The molecule has 15 N–H and O–H groups in total. The van der Waals surface area contributed by atoms with Crippen molar-refractivity contribution in [1.29, 1.82) is 0 Å². The fraction of sp³-hybridized carbons (Fsp3) is 0.703. The lowest BCUT2D eigenvalue weighted by atomic mass is 9.95. The molecular formula is C74H122N14O16. The van der Waals surface area contributed by atoms with Crippen molar-refractivity contribution in [2.24, 2.45) is 53.1 Å². The van der Waals surface area contributed by atoms with Crippen molar-refractivity contribution in [3.63, 3.8) is 0 Å². The molecular weight excluding hydrogens is 1340 g/mol. The Labute approximate surface area is 613 Å². The topological polar surface area (TPSA) is 442 Å². The Bertz CT molecular complexity index is 3140. The molecule has 104 heavy (non-hydrogen) atoms. The number of carbonyl (C=O) groups excluding carboxylic acids is 14. The molecule has 30 nitrogen and oxygen atoms in total. The second kappa shape index (κ2) is 43.0. The third-order valence-electron chi connectivity index (χ3n) is 19.0. The smallest absolute Gasteiger partial charge is 0.329 e. The number of aliphatic hydroxyl groups excluding tert-OH is 1. The molecule has 30 heteroatoms. The number of nitrogens with zero attached hydrogens (tertiary/aromatic N) is 1. The van der Waals surface area contributed by atoms with Crippen LogP contribution in [-0.2, 0) is 78.3 Å². The molecule has 0 radical (unpaired) electrons. The molecule has 2 aliphatic rings. The predicted molar refractivity (Wildman–Crippen MR) is 391 cm³/mol. The number of allylic oxidation sites excluding steroid dienone is 1. The van der Waals surface area contributed by atoms with Gasteiger partial charge < -0.3 is 84.3 Å². The lowest BCUT2D eigenvalue weighted by molar-refractivity contribution is -0.157. The second-order valence-corrected chi connectivity index (χ2v) is 29.8. The zero-order valence-electron chi connectivity index (χ0n) is 64.5. The van der Waals surface area contributed by atoms with Crippen LogP contribution in [0, 0.1) is 47.3 Å². The first-order valence-corrected chi connectivity index (χ1v) is 37.0. The fourth-order valence-electron chi connectivity index (χ4n) is 11.9. The van der Waals surface area contributed by atoms with Gasteiger partial charge in [-0.2, -0.15) is 0 Å². The third-order valence-corrected chi connectivity index (χ3v) is 19.0. The van der Waals surface area contributed by atoms with Gasteiger partial charge in [0.25, 0.3) is 5.91 Å². The number of cyclic esters (lactones) is 1. The van der Waals surface area contributed by atoms with Crippen LogP contribution >= 0.6 is 0 Å². The molecule has 1 aromatic carbocycles. The van der Waals surface area contributed by atoms with E-state index in [4.69, 9.17) is 10.5 Å². The zero-order chi connectivity index (χ0) is 78.7. The third kappa shape index (κ3) is 26.9. The molecule has 0 spiro atoms. The van der Waals surface area contributed by atoms with E-state index in [1.54, 1.807) is 127 Å². The molecule has 0 bridgehead atoms. The highest BCUT2D eigenvalue weighted by Gasteiger charge is 2.44. The molecule has 2 heterocycles. The van der Waals surface area contributed by atoms with E-state index in [1.165, 1.54) is 31.7 Å². The monoisotopic (exact) mass is 1460 g/mol. The van der Waals surface area contributed by atoms with Crippen molar-refractivity contribution in [1.82, 2.24) is 68.7 Å². The summed E-state index contributed by atoms with van der Waals surface area (Å²) in [6.07, 6.45) is 0.173. The minimum Gasteiger partial charge on any atom is -0.458 e. The number of aliphatic hydroxyl groups is 1. The van der Waals surface area contributed by atoms with E-state index in [0.717, 1.165) is 0 Å². The Morgan fingerprint density at radius 2 is 1.15 bits per heavy atom. The maximum Gasteiger partial charge on any atom is 0.329 e. The Morgan fingerprint density at radius 3 is 1.68 bits per heavy atom. The second-order valence-electron chi connectivity index (χ2n) is 29.8. The maximum atomic E-state index is 15.0. The van der Waals surface area contributed by atoms with Crippen LogP contribution in [0.1, 0.15) is 188 Å². The minimum absolute atomic E-state index is 0.0355. The molecule has 584 valence electrons. The summed E-state index contributed by atoms with van der Waals surface area (Å²) >= 11 is 0. The van der Waals surface area contributed by atoms with Gasteiger partial charge in [-0.1, -0.05) is 160 Å². The lowest BCUT2D eigenvalue weighted by Crippen LogP contribution is -2.64. The van der Waals surface area contributed by atoms with Gasteiger partial charge in [0.1, 0.15) is 84.3 Å². The number of hydrogen-bond donors (Lipinski definition) is 14. The molecule has 2 fully saturated rings. The average Bonchev–Trinajstić information content (AvgIpc) is 1.54. The van der Waals surface area contributed by atoms with Crippen LogP contribution in [0.5, 0.6) is 0 Å². The number of carbonyl (C=O) groups is 14. The van der Waals surface area contributed by atoms with Crippen LogP contribution in [0.2, 0.25) is 0 Å². The Morgan fingerprint density at radius 1 is 0.615 bits per heavy atom. The van der Waals surface area contributed by atoms with E-state index in [2.05, 4.69) is 63.8 Å². The van der Waals surface area contributed by atoms with Crippen LogP contribution in [0.25, 0.3) is 0 Å². The summed E-state index contributed by atoms with van der Waals surface area (Å²) in [5.74, 6) is -15.3. The zero-order valence-corrected chi connectivity index (χ0v) is 64.5. The first kappa shape index (κ1) is 89.7. The van der Waals surface area contributed by atoms with Gasteiger partial charge in [0, 0.05) is 19.4 Å².